The number of aromatic nitrogens is 1. The molecule has 8 heteroatoms. The zero-order valence-electron chi connectivity index (χ0n) is 15.7. The Morgan fingerprint density at radius 1 is 1.14 bits per heavy atom. The van der Waals surface area contributed by atoms with Gasteiger partial charge in [0, 0.05) is 23.0 Å². The minimum Gasteiger partial charge on any atom is -0.497 e. The summed E-state index contributed by atoms with van der Waals surface area (Å²) in [5.74, 6) is 0.773. The van der Waals surface area contributed by atoms with Crippen LogP contribution < -0.4 is 20.3 Å². The second-order valence-corrected chi connectivity index (χ2v) is 6.84. The van der Waals surface area contributed by atoms with E-state index in [9.17, 15) is 4.79 Å². The Bertz CT molecular complexity index is 1230. The molecule has 0 saturated carbocycles. The van der Waals surface area contributed by atoms with Gasteiger partial charge in [0.25, 0.3) is 5.91 Å². The molecule has 2 heterocycles. The van der Waals surface area contributed by atoms with Crippen molar-refractivity contribution in [3.63, 3.8) is 0 Å². The molecule has 146 valence electrons. The third kappa shape index (κ3) is 3.97. The summed E-state index contributed by atoms with van der Waals surface area (Å²) in [5, 5.41) is 5.84. The fraction of sp³-hybridized carbons (Fsp3) is 0.0952. The molecule has 2 aromatic carbocycles. The molecule has 2 aromatic heterocycles. The summed E-state index contributed by atoms with van der Waals surface area (Å²) in [4.78, 5) is 21.6. The first-order chi connectivity index (χ1) is 14.2. The summed E-state index contributed by atoms with van der Waals surface area (Å²) in [7, 11) is 3.12. The highest BCUT2D eigenvalue weighted by Gasteiger charge is 2.15. The monoisotopic (exact) mass is 407 g/mol. The quantitative estimate of drug-likeness (QED) is 0.530. The number of hydrogen-bond acceptors (Lipinski definition) is 7. The van der Waals surface area contributed by atoms with Crippen LogP contribution in [-0.4, -0.2) is 25.1 Å². The number of para-hydroxylation sites is 1. The van der Waals surface area contributed by atoms with Crippen molar-refractivity contribution >= 4 is 39.0 Å². The van der Waals surface area contributed by atoms with E-state index in [2.05, 4.69) is 15.3 Å². The maximum Gasteiger partial charge on any atom is 0.262 e. The van der Waals surface area contributed by atoms with E-state index in [1.165, 1.54) is 11.3 Å². The molecule has 29 heavy (non-hydrogen) atoms. The summed E-state index contributed by atoms with van der Waals surface area (Å²) >= 11 is 1.33. The Labute approximate surface area is 170 Å². The summed E-state index contributed by atoms with van der Waals surface area (Å²) in [5.41, 5.74) is 1.53. The molecule has 0 fully saturated rings. The maximum atomic E-state index is 12.9. The number of benzene rings is 2. The molecule has 1 amide bonds. The topological polar surface area (TPSA) is 86.0 Å². The van der Waals surface area contributed by atoms with Gasteiger partial charge in [0.2, 0.25) is 5.55 Å². The van der Waals surface area contributed by atoms with Crippen molar-refractivity contribution < 1.29 is 18.7 Å². The van der Waals surface area contributed by atoms with Crippen LogP contribution in [-0.2, 0) is 0 Å². The standard InChI is InChI=1S/C21H17N3O4S/c1-26-14-7-8-18(27-2)16(12-14)23-20-15(19(25)24-21-22-9-10-29-21)11-13-5-3-4-6-17(13)28-20/h3-12H,1-2H3,(H,22,24,25). The summed E-state index contributed by atoms with van der Waals surface area (Å²) in [6, 6.07) is 14.4. The smallest absolute Gasteiger partial charge is 0.262 e. The van der Waals surface area contributed by atoms with Gasteiger partial charge >= 0.3 is 0 Å². The van der Waals surface area contributed by atoms with Crippen LogP contribution in [0.4, 0.5) is 10.8 Å². The van der Waals surface area contributed by atoms with Gasteiger partial charge < -0.3 is 13.9 Å². The van der Waals surface area contributed by atoms with Crippen molar-refractivity contribution in [1.29, 1.82) is 0 Å². The van der Waals surface area contributed by atoms with Crippen molar-refractivity contribution in [2.45, 2.75) is 0 Å². The summed E-state index contributed by atoms with van der Waals surface area (Å²) in [6.45, 7) is 0. The number of thiazole rings is 1. The van der Waals surface area contributed by atoms with Gasteiger partial charge in [-0.05, 0) is 24.3 Å². The number of carbonyl (C=O) groups excluding carboxylic acids is 1. The van der Waals surface area contributed by atoms with Crippen LogP contribution in [0.3, 0.4) is 0 Å². The molecule has 0 atom stereocenters. The van der Waals surface area contributed by atoms with Gasteiger partial charge in [-0.25, -0.2) is 9.98 Å². The van der Waals surface area contributed by atoms with Crippen molar-refractivity contribution in [3.05, 3.63) is 71.2 Å². The maximum absolute atomic E-state index is 12.9. The molecule has 0 aliphatic carbocycles. The Morgan fingerprint density at radius 3 is 2.76 bits per heavy atom. The lowest BCUT2D eigenvalue weighted by molar-refractivity contribution is 0.102. The van der Waals surface area contributed by atoms with Crippen LogP contribution in [0.15, 0.2) is 69.5 Å². The van der Waals surface area contributed by atoms with E-state index in [4.69, 9.17) is 13.9 Å². The number of anilines is 1. The Hall–Kier alpha value is -3.65. The van der Waals surface area contributed by atoms with Crippen molar-refractivity contribution in [2.75, 3.05) is 19.5 Å². The Kier molecular flexibility index (Phi) is 5.26. The molecule has 4 rings (SSSR count). The molecule has 0 aliphatic rings. The van der Waals surface area contributed by atoms with Gasteiger partial charge in [-0.2, -0.15) is 0 Å². The number of carbonyl (C=O) groups is 1. The number of methoxy groups -OCH3 is 2. The first kappa shape index (κ1) is 18.7. The molecule has 0 spiro atoms. The fourth-order valence-electron chi connectivity index (χ4n) is 2.76. The van der Waals surface area contributed by atoms with Gasteiger partial charge in [-0.3, -0.25) is 10.1 Å². The van der Waals surface area contributed by atoms with E-state index in [1.807, 2.05) is 24.3 Å². The number of hydrogen-bond donors (Lipinski definition) is 1. The second kappa shape index (κ2) is 8.15. The third-order valence-corrected chi connectivity index (χ3v) is 4.85. The lowest BCUT2D eigenvalue weighted by Crippen LogP contribution is -2.21. The van der Waals surface area contributed by atoms with Crippen molar-refractivity contribution in [3.8, 4) is 11.5 Å². The van der Waals surface area contributed by atoms with E-state index >= 15 is 0 Å². The van der Waals surface area contributed by atoms with E-state index in [0.29, 0.717) is 27.9 Å². The molecule has 0 saturated heterocycles. The van der Waals surface area contributed by atoms with Gasteiger partial charge in [-0.15, -0.1) is 11.3 Å². The minimum absolute atomic E-state index is 0.157. The molecule has 7 nitrogen and oxygen atoms in total. The third-order valence-electron chi connectivity index (χ3n) is 4.16. The van der Waals surface area contributed by atoms with Crippen LogP contribution >= 0.6 is 11.3 Å². The van der Waals surface area contributed by atoms with Crippen LogP contribution in [0.2, 0.25) is 0 Å². The molecule has 0 radical (unpaired) electrons. The lowest BCUT2D eigenvalue weighted by Gasteiger charge is -2.08. The SMILES string of the molecule is COc1ccc(OC)c(N=c2oc3ccccc3cc2C(=O)Nc2nccs2)c1. The van der Waals surface area contributed by atoms with E-state index in [0.717, 1.165) is 5.39 Å². The number of rotatable bonds is 5. The fourth-order valence-corrected chi connectivity index (χ4v) is 3.28. The number of nitrogens with zero attached hydrogens (tertiary/aromatic N) is 2. The highest BCUT2D eigenvalue weighted by molar-refractivity contribution is 7.13. The molecule has 0 unspecified atom stereocenters. The van der Waals surface area contributed by atoms with Gasteiger partial charge in [0.05, 0.1) is 14.2 Å². The summed E-state index contributed by atoms with van der Waals surface area (Å²) < 4.78 is 16.6. The van der Waals surface area contributed by atoms with Crippen LogP contribution in [0, 0.1) is 0 Å². The molecular weight excluding hydrogens is 390 g/mol. The predicted molar refractivity (Wildman–Crippen MR) is 111 cm³/mol. The van der Waals surface area contributed by atoms with Gasteiger partial charge in [0.1, 0.15) is 28.3 Å². The van der Waals surface area contributed by atoms with Gasteiger partial charge in [0.15, 0.2) is 5.13 Å². The predicted octanol–water partition coefficient (Wildman–Crippen LogP) is 4.39. The molecule has 1 N–H and O–H groups in total. The number of ether oxygens (including phenoxy) is 2. The second-order valence-electron chi connectivity index (χ2n) is 5.94. The zero-order valence-corrected chi connectivity index (χ0v) is 16.5. The average molecular weight is 407 g/mol. The number of amides is 1. The van der Waals surface area contributed by atoms with Crippen molar-refractivity contribution in [2.24, 2.45) is 4.99 Å². The molecule has 0 bridgehead atoms. The Balaban J connectivity index is 1.90. The number of fused-ring (bicyclic) bond motifs is 1. The highest BCUT2D eigenvalue weighted by Crippen LogP contribution is 2.31. The molecule has 0 aliphatic heterocycles. The normalized spacial score (nSPS) is 11.4. The van der Waals surface area contributed by atoms with Gasteiger partial charge in [-0.1, -0.05) is 18.2 Å². The van der Waals surface area contributed by atoms with Crippen molar-refractivity contribution in [1.82, 2.24) is 4.98 Å². The first-order valence-electron chi connectivity index (χ1n) is 8.68. The van der Waals surface area contributed by atoms with E-state index in [1.54, 1.807) is 50.1 Å². The van der Waals surface area contributed by atoms with E-state index < -0.39 is 0 Å². The Morgan fingerprint density at radius 2 is 2.00 bits per heavy atom. The average Bonchev–Trinajstić information content (AvgIpc) is 3.26. The van der Waals surface area contributed by atoms with Crippen LogP contribution in [0.5, 0.6) is 11.5 Å². The molecule has 4 aromatic rings. The molecular formula is C21H17N3O4S. The highest BCUT2D eigenvalue weighted by atomic mass is 32.1. The summed E-state index contributed by atoms with van der Waals surface area (Å²) in [6.07, 6.45) is 1.62. The zero-order chi connectivity index (χ0) is 20.2. The lowest BCUT2D eigenvalue weighted by atomic mass is 10.1. The largest absolute Gasteiger partial charge is 0.497 e. The van der Waals surface area contributed by atoms with Crippen LogP contribution in [0.1, 0.15) is 10.4 Å². The number of nitrogens with one attached hydrogen (secondary N) is 1. The first-order valence-corrected chi connectivity index (χ1v) is 9.56. The van der Waals surface area contributed by atoms with Crippen LogP contribution in [0.25, 0.3) is 11.0 Å². The van der Waals surface area contributed by atoms with E-state index in [-0.39, 0.29) is 17.0 Å². The minimum atomic E-state index is -0.366.